The van der Waals surface area contributed by atoms with Crippen LogP contribution in [0.4, 0.5) is 0 Å². The maximum atomic E-state index is 10.8. The summed E-state index contributed by atoms with van der Waals surface area (Å²) in [7, 11) is 1.53. The number of carboxylic acid groups (broad SMARTS) is 1. The van der Waals surface area contributed by atoms with Crippen LogP contribution in [0.1, 0.15) is 16.4 Å². The van der Waals surface area contributed by atoms with E-state index in [-0.39, 0.29) is 5.82 Å². The quantitative estimate of drug-likeness (QED) is 0.919. The largest absolute Gasteiger partial charge is 0.497 e. The smallest absolute Gasteiger partial charge is 0.375 e. The van der Waals surface area contributed by atoms with E-state index in [0.717, 1.165) is 0 Å². The fourth-order valence-corrected chi connectivity index (χ4v) is 1.69. The summed E-state index contributed by atoms with van der Waals surface area (Å²) >= 11 is 6.06. The molecular weight excluding hydrogens is 258 g/mol. The van der Waals surface area contributed by atoms with Crippen LogP contribution in [0.15, 0.2) is 18.2 Å². The molecule has 7 heteroatoms. The first kappa shape index (κ1) is 12.4. The van der Waals surface area contributed by atoms with Crippen LogP contribution in [0.3, 0.4) is 0 Å². The van der Waals surface area contributed by atoms with Crippen molar-refractivity contribution in [3.05, 3.63) is 34.9 Å². The molecule has 0 fully saturated rings. The van der Waals surface area contributed by atoms with Crippen molar-refractivity contribution in [2.45, 2.75) is 6.92 Å². The number of benzene rings is 1. The lowest BCUT2D eigenvalue weighted by molar-refractivity contribution is 0.0683. The van der Waals surface area contributed by atoms with Crippen LogP contribution in [0, 0.1) is 6.92 Å². The SMILES string of the molecule is COc1ccc(Cl)c(-n2nc(C(=O)O)nc2C)c1. The monoisotopic (exact) mass is 267 g/mol. The van der Waals surface area contributed by atoms with Crippen molar-refractivity contribution < 1.29 is 14.6 Å². The third-order valence-corrected chi connectivity index (χ3v) is 2.66. The fraction of sp³-hybridized carbons (Fsp3) is 0.182. The van der Waals surface area contributed by atoms with E-state index in [0.29, 0.717) is 22.3 Å². The predicted molar refractivity (Wildman–Crippen MR) is 64.6 cm³/mol. The Morgan fingerprint density at radius 3 is 2.78 bits per heavy atom. The first-order chi connectivity index (χ1) is 8.52. The zero-order chi connectivity index (χ0) is 13.3. The molecule has 94 valence electrons. The van der Waals surface area contributed by atoms with Gasteiger partial charge in [-0.05, 0) is 19.1 Å². The number of ether oxygens (including phenoxy) is 1. The molecular formula is C11H10ClN3O3. The number of carbonyl (C=O) groups is 1. The minimum absolute atomic E-state index is 0.272. The third-order valence-electron chi connectivity index (χ3n) is 2.34. The molecule has 6 nitrogen and oxygen atoms in total. The lowest BCUT2D eigenvalue weighted by Gasteiger charge is -2.07. The first-order valence-electron chi connectivity index (χ1n) is 5.04. The molecule has 1 aromatic heterocycles. The topological polar surface area (TPSA) is 77.2 Å². The van der Waals surface area contributed by atoms with Crippen LogP contribution >= 0.6 is 11.6 Å². The van der Waals surface area contributed by atoms with Gasteiger partial charge in [-0.3, -0.25) is 0 Å². The van der Waals surface area contributed by atoms with Crippen LogP contribution in [-0.2, 0) is 0 Å². The van der Waals surface area contributed by atoms with E-state index in [1.807, 2.05) is 0 Å². The molecule has 2 rings (SSSR count). The Labute approximate surface area is 108 Å². The highest BCUT2D eigenvalue weighted by atomic mass is 35.5. The van der Waals surface area contributed by atoms with Gasteiger partial charge in [-0.1, -0.05) is 11.6 Å². The predicted octanol–water partition coefficient (Wildman–Crippen LogP) is 1.94. The van der Waals surface area contributed by atoms with Crippen molar-refractivity contribution in [3.8, 4) is 11.4 Å². The summed E-state index contributed by atoms with van der Waals surface area (Å²) in [6, 6.07) is 5.02. The number of carboxylic acids is 1. The minimum atomic E-state index is -1.18. The van der Waals surface area contributed by atoms with Gasteiger partial charge in [-0.2, -0.15) is 0 Å². The molecule has 18 heavy (non-hydrogen) atoms. The summed E-state index contributed by atoms with van der Waals surface area (Å²) in [6.45, 7) is 1.65. The maximum absolute atomic E-state index is 10.8. The molecule has 0 amide bonds. The molecule has 0 aliphatic carbocycles. The lowest BCUT2D eigenvalue weighted by Crippen LogP contribution is -2.03. The Morgan fingerprint density at radius 2 is 2.22 bits per heavy atom. The third kappa shape index (κ3) is 2.14. The fourth-order valence-electron chi connectivity index (χ4n) is 1.49. The van der Waals surface area contributed by atoms with Gasteiger partial charge in [0, 0.05) is 6.07 Å². The van der Waals surface area contributed by atoms with Gasteiger partial charge in [0.15, 0.2) is 0 Å². The van der Waals surface area contributed by atoms with Gasteiger partial charge in [0.25, 0.3) is 5.82 Å². The number of aromatic nitrogens is 3. The van der Waals surface area contributed by atoms with Crippen molar-refractivity contribution in [3.63, 3.8) is 0 Å². The van der Waals surface area contributed by atoms with Gasteiger partial charge in [0.1, 0.15) is 11.6 Å². The Balaban J connectivity index is 2.57. The molecule has 0 bridgehead atoms. The highest BCUT2D eigenvalue weighted by Crippen LogP contribution is 2.25. The van der Waals surface area contributed by atoms with Crippen LogP contribution in [0.25, 0.3) is 5.69 Å². The number of aromatic carboxylic acids is 1. The molecule has 0 aliphatic heterocycles. The van der Waals surface area contributed by atoms with E-state index in [1.165, 1.54) is 11.8 Å². The van der Waals surface area contributed by atoms with Gasteiger partial charge in [-0.25, -0.2) is 14.5 Å². The second-order valence-electron chi connectivity index (χ2n) is 3.52. The Morgan fingerprint density at radius 1 is 1.50 bits per heavy atom. The number of nitrogens with zero attached hydrogens (tertiary/aromatic N) is 3. The maximum Gasteiger partial charge on any atom is 0.375 e. The van der Waals surface area contributed by atoms with E-state index in [2.05, 4.69) is 10.1 Å². The lowest BCUT2D eigenvalue weighted by atomic mass is 10.3. The van der Waals surface area contributed by atoms with Crippen molar-refractivity contribution in [1.82, 2.24) is 14.8 Å². The van der Waals surface area contributed by atoms with E-state index < -0.39 is 5.97 Å². The molecule has 2 aromatic rings. The summed E-state index contributed by atoms with van der Waals surface area (Å²) in [6.07, 6.45) is 0. The first-order valence-corrected chi connectivity index (χ1v) is 5.41. The van der Waals surface area contributed by atoms with Crippen LogP contribution in [0.5, 0.6) is 5.75 Å². The second kappa shape index (κ2) is 4.66. The number of rotatable bonds is 3. The minimum Gasteiger partial charge on any atom is -0.497 e. The van der Waals surface area contributed by atoms with Gasteiger partial charge < -0.3 is 9.84 Å². The van der Waals surface area contributed by atoms with Crippen molar-refractivity contribution in [2.24, 2.45) is 0 Å². The molecule has 1 N–H and O–H groups in total. The highest BCUT2D eigenvalue weighted by molar-refractivity contribution is 6.32. The number of hydrogen-bond donors (Lipinski definition) is 1. The van der Waals surface area contributed by atoms with Crippen LogP contribution in [0.2, 0.25) is 5.02 Å². The number of halogens is 1. The van der Waals surface area contributed by atoms with Gasteiger partial charge in [-0.15, -0.1) is 5.10 Å². The van der Waals surface area contributed by atoms with E-state index in [4.69, 9.17) is 21.4 Å². The number of methoxy groups -OCH3 is 1. The zero-order valence-electron chi connectivity index (χ0n) is 9.72. The zero-order valence-corrected chi connectivity index (χ0v) is 10.5. The van der Waals surface area contributed by atoms with Crippen molar-refractivity contribution in [2.75, 3.05) is 7.11 Å². The van der Waals surface area contributed by atoms with Crippen LogP contribution in [-0.4, -0.2) is 33.0 Å². The number of hydrogen-bond acceptors (Lipinski definition) is 4. The van der Waals surface area contributed by atoms with E-state index >= 15 is 0 Å². The van der Waals surface area contributed by atoms with E-state index in [1.54, 1.807) is 25.1 Å². The van der Waals surface area contributed by atoms with Gasteiger partial charge in [0.05, 0.1) is 17.8 Å². The standard InChI is InChI=1S/C11H10ClN3O3/c1-6-13-10(11(16)17)14-15(6)9-5-7(18-2)3-4-8(9)12/h3-5H,1-2H3,(H,16,17). The Kier molecular flexibility index (Phi) is 3.20. The summed E-state index contributed by atoms with van der Waals surface area (Å²) in [5, 5.41) is 13.2. The number of aryl methyl sites for hydroxylation is 1. The molecule has 1 heterocycles. The molecule has 0 aliphatic rings. The van der Waals surface area contributed by atoms with Crippen molar-refractivity contribution >= 4 is 17.6 Å². The van der Waals surface area contributed by atoms with E-state index in [9.17, 15) is 4.79 Å². The molecule has 0 saturated heterocycles. The molecule has 0 saturated carbocycles. The summed E-state index contributed by atoms with van der Waals surface area (Å²) in [5.41, 5.74) is 0.522. The van der Waals surface area contributed by atoms with Crippen LogP contribution < -0.4 is 4.74 Å². The molecule has 0 unspecified atom stereocenters. The summed E-state index contributed by atoms with van der Waals surface area (Å²) in [4.78, 5) is 14.6. The summed E-state index contributed by atoms with van der Waals surface area (Å²) < 4.78 is 6.46. The molecule has 0 spiro atoms. The Hall–Kier alpha value is -2.08. The Bertz CT molecular complexity index is 610. The average Bonchev–Trinajstić information content (AvgIpc) is 2.72. The molecule has 0 atom stereocenters. The average molecular weight is 268 g/mol. The molecule has 0 radical (unpaired) electrons. The second-order valence-corrected chi connectivity index (χ2v) is 3.92. The van der Waals surface area contributed by atoms with Crippen molar-refractivity contribution in [1.29, 1.82) is 0 Å². The van der Waals surface area contributed by atoms with Gasteiger partial charge >= 0.3 is 5.97 Å². The summed E-state index contributed by atoms with van der Waals surface area (Å²) in [5.74, 6) is -0.425. The van der Waals surface area contributed by atoms with Gasteiger partial charge in [0.2, 0.25) is 0 Å². The normalized spacial score (nSPS) is 10.4. The highest BCUT2D eigenvalue weighted by Gasteiger charge is 2.15. The molecule has 1 aromatic carbocycles.